The molecule has 0 bridgehead atoms. The zero-order chi connectivity index (χ0) is 21.7. The van der Waals surface area contributed by atoms with Crippen LogP contribution in [0.3, 0.4) is 0 Å². The topological polar surface area (TPSA) is 81.1 Å². The number of pyridine rings is 1. The SMILES string of the molecule is Cc1noc(-c2cc(-c3ccc4nnc(C(F)(F)F)n4c3)ccc2NC(F)(F)F)n1. The smallest absolute Gasteiger partial charge is 0.334 e. The Morgan fingerprint density at radius 2 is 1.70 bits per heavy atom. The molecule has 0 amide bonds. The first-order valence-corrected chi connectivity index (χ1v) is 8.23. The van der Waals surface area contributed by atoms with E-state index in [4.69, 9.17) is 4.52 Å². The molecule has 0 saturated heterocycles. The van der Waals surface area contributed by atoms with Crippen molar-refractivity contribution in [2.75, 3.05) is 5.32 Å². The molecule has 1 N–H and O–H groups in total. The molecule has 0 unspecified atom stereocenters. The molecule has 0 aliphatic carbocycles. The summed E-state index contributed by atoms with van der Waals surface area (Å²) in [5, 5.41) is 11.6. The number of halogens is 6. The number of anilines is 1. The molecule has 1 aromatic carbocycles. The van der Waals surface area contributed by atoms with Gasteiger partial charge in [-0.1, -0.05) is 11.2 Å². The normalized spacial score (nSPS) is 12.5. The third kappa shape index (κ3) is 3.77. The van der Waals surface area contributed by atoms with Crippen molar-refractivity contribution in [1.29, 1.82) is 0 Å². The average Bonchev–Trinajstić information content (AvgIpc) is 3.26. The van der Waals surface area contributed by atoms with Crippen LogP contribution < -0.4 is 5.32 Å². The molecule has 4 aromatic rings. The van der Waals surface area contributed by atoms with Crippen molar-refractivity contribution in [2.45, 2.75) is 19.4 Å². The van der Waals surface area contributed by atoms with Crippen LogP contribution in [0.2, 0.25) is 0 Å². The molecule has 0 fully saturated rings. The van der Waals surface area contributed by atoms with Gasteiger partial charge in [0.05, 0.1) is 11.3 Å². The number of benzene rings is 1. The lowest BCUT2D eigenvalue weighted by Crippen LogP contribution is -2.21. The molecule has 13 heteroatoms. The molecular weight excluding hydrogens is 418 g/mol. The van der Waals surface area contributed by atoms with E-state index in [-0.39, 0.29) is 34.2 Å². The first-order chi connectivity index (χ1) is 14.0. The van der Waals surface area contributed by atoms with Crippen LogP contribution in [-0.2, 0) is 6.18 Å². The first kappa shape index (κ1) is 19.7. The molecule has 0 spiro atoms. The maximum Gasteiger partial charge on any atom is 0.482 e. The van der Waals surface area contributed by atoms with Gasteiger partial charge in [-0.05, 0) is 42.3 Å². The number of nitrogens with zero attached hydrogens (tertiary/aromatic N) is 5. The van der Waals surface area contributed by atoms with Gasteiger partial charge in [-0.3, -0.25) is 9.72 Å². The van der Waals surface area contributed by atoms with E-state index in [2.05, 4.69) is 20.3 Å². The summed E-state index contributed by atoms with van der Waals surface area (Å²) in [6, 6.07) is 6.54. The molecule has 0 saturated carbocycles. The Bertz CT molecular complexity index is 1230. The second-order valence-electron chi connectivity index (χ2n) is 6.20. The van der Waals surface area contributed by atoms with E-state index in [1.54, 1.807) is 0 Å². The predicted molar refractivity (Wildman–Crippen MR) is 91.1 cm³/mol. The number of hydrogen-bond acceptors (Lipinski definition) is 6. The fourth-order valence-electron chi connectivity index (χ4n) is 2.82. The predicted octanol–water partition coefficient (Wildman–Crippen LogP) is 4.71. The fraction of sp³-hybridized carbons (Fsp3) is 0.176. The van der Waals surface area contributed by atoms with E-state index in [0.717, 1.165) is 16.7 Å². The van der Waals surface area contributed by atoms with Gasteiger partial charge >= 0.3 is 12.5 Å². The summed E-state index contributed by atoms with van der Waals surface area (Å²) >= 11 is 0. The van der Waals surface area contributed by atoms with E-state index in [1.807, 2.05) is 0 Å². The van der Waals surface area contributed by atoms with Crippen LogP contribution in [0.25, 0.3) is 28.2 Å². The lowest BCUT2D eigenvalue weighted by Gasteiger charge is -2.14. The zero-order valence-corrected chi connectivity index (χ0v) is 14.9. The highest BCUT2D eigenvalue weighted by atomic mass is 19.4. The van der Waals surface area contributed by atoms with E-state index < -0.39 is 18.3 Å². The highest BCUT2D eigenvalue weighted by Gasteiger charge is 2.37. The van der Waals surface area contributed by atoms with E-state index in [1.165, 1.54) is 36.5 Å². The van der Waals surface area contributed by atoms with Crippen molar-refractivity contribution in [3.05, 3.63) is 48.2 Å². The molecule has 0 atom stereocenters. The number of alkyl halides is 6. The maximum absolute atomic E-state index is 13.1. The minimum absolute atomic E-state index is 0.0332. The third-order valence-electron chi connectivity index (χ3n) is 4.04. The summed E-state index contributed by atoms with van der Waals surface area (Å²) in [5.41, 5.74) is 0.150. The van der Waals surface area contributed by atoms with Crippen molar-refractivity contribution >= 4 is 11.3 Å². The van der Waals surface area contributed by atoms with Crippen molar-refractivity contribution in [2.24, 2.45) is 0 Å². The van der Waals surface area contributed by atoms with Crippen molar-refractivity contribution in [3.63, 3.8) is 0 Å². The largest absolute Gasteiger partial charge is 0.482 e. The van der Waals surface area contributed by atoms with Crippen molar-refractivity contribution in [3.8, 4) is 22.6 Å². The van der Waals surface area contributed by atoms with E-state index in [0.29, 0.717) is 5.56 Å². The number of rotatable bonds is 3. The molecule has 4 rings (SSSR count). The Morgan fingerprint density at radius 3 is 2.33 bits per heavy atom. The summed E-state index contributed by atoms with van der Waals surface area (Å²) in [5.74, 6) is -1.20. The quantitative estimate of drug-likeness (QED) is 0.376. The van der Waals surface area contributed by atoms with Gasteiger partial charge in [0.1, 0.15) is 0 Å². The fourth-order valence-corrected chi connectivity index (χ4v) is 2.82. The molecule has 156 valence electrons. The van der Waals surface area contributed by atoms with Gasteiger partial charge in [0.2, 0.25) is 5.82 Å². The van der Waals surface area contributed by atoms with Crippen LogP contribution in [0.4, 0.5) is 32.0 Å². The molecular formula is C17H10F6N6O. The zero-order valence-electron chi connectivity index (χ0n) is 14.9. The molecule has 3 aromatic heterocycles. The third-order valence-corrected chi connectivity index (χ3v) is 4.04. The van der Waals surface area contributed by atoms with Crippen LogP contribution in [0, 0.1) is 6.92 Å². The van der Waals surface area contributed by atoms with Crippen LogP contribution in [-0.4, -0.2) is 31.0 Å². The summed E-state index contributed by atoms with van der Waals surface area (Å²) < 4.78 is 83.7. The minimum atomic E-state index is -4.73. The van der Waals surface area contributed by atoms with Gasteiger partial charge in [0.15, 0.2) is 11.5 Å². The number of fused-ring (bicyclic) bond motifs is 1. The van der Waals surface area contributed by atoms with Crippen LogP contribution >= 0.6 is 0 Å². The van der Waals surface area contributed by atoms with Gasteiger partial charge in [-0.15, -0.1) is 10.2 Å². The van der Waals surface area contributed by atoms with E-state index >= 15 is 0 Å². The molecule has 0 aliphatic heterocycles. The summed E-state index contributed by atoms with van der Waals surface area (Å²) in [7, 11) is 0. The lowest BCUT2D eigenvalue weighted by atomic mass is 10.0. The average molecular weight is 428 g/mol. The van der Waals surface area contributed by atoms with Crippen molar-refractivity contribution in [1.82, 2.24) is 24.7 Å². The van der Waals surface area contributed by atoms with Crippen LogP contribution in [0.1, 0.15) is 11.6 Å². The number of aromatic nitrogens is 5. The Hall–Kier alpha value is -3.64. The highest BCUT2D eigenvalue weighted by Crippen LogP contribution is 2.35. The molecule has 0 radical (unpaired) electrons. The Morgan fingerprint density at radius 1 is 0.967 bits per heavy atom. The number of aryl methyl sites for hydroxylation is 1. The summed E-state index contributed by atoms with van der Waals surface area (Å²) in [4.78, 5) is 3.94. The van der Waals surface area contributed by atoms with Gasteiger partial charge in [-0.25, -0.2) is 0 Å². The van der Waals surface area contributed by atoms with Gasteiger partial charge in [0.25, 0.3) is 5.89 Å². The molecule has 3 heterocycles. The lowest BCUT2D eigenvalue weighted by molar-refractivity contribution is -0.145. The maximum atomic E-state index is 13.1. The Kier molecular flexibility index (Phi) is 4.40. The Balaban J connectivity index is 1.85. The number of hydrogen-bond donors (Lipinski definition) is 1. The van der Waals surface area contributed by atoms with Crippen LogP contribution in [0.15, 0.2) is 41.1 Å². The molecule has 7 nitrogen and oxygen atoms in total. The Labute approximate surface area is 163 Å². The first-order valence-electron chi connectivity index (χ1n) is 8.23. The number of nitrogens with one attached hydrogen (secondary N) is 1. The molecule has 30 heavy (non-hydrogen) atoms. The minimum Gasteiger partial charge on any atom is -0.334 e. The van der Waals surface area contributed by atoms with Crippen LogP contribution in [0.5, 0.6) is 0 Å². The second kappa shape index (κ2) is 6.71. The standard InChI is InChI=1S/C17H10F6N6O/c1-8-24-14(30-28-8)11-6-9(2-4-12(11)25-17(21,22)23)10-3-5-13-26-27-15(16(18,19)20)29(13)7-10/h2-7,25H,1H3. The van der Waals surface area contributed by atoms with E-state index in [9.17, 15) is 26.3 Å². The summed E-state index contributed by atoms with van der Waals surface area (Å²) in [6.07, 6.45) is -8.31. The summed E-state index contributed by atoms with van der Waals surface area (Å²) in [6.45, 7) is 1.49. The molecule has 0 aliphatic rings. The van der Waals surface area contributed by atoms with Gasteiger partial charge < -0.3 is 4.52 Å². The second-order valence-corrected chi connectivity index (χ2v) is 6.20. The van der Waals surface area contributed by atoms with Gasteiger partial charge in [-0.2, -0.15) is 31.3 Å². The van der Waals surface area contributed by atoms with Gasteiger partial charge in [0, 0.05) is 6.20 Å². The monoisotopic (exact) mass is 428 g/mol. The van der Waals surface area contributed by atoms with Crippen molar-refractivity contribution < 1.29 is 30.9 Å². The highest BCUT2D eigenvalue weighted by molar-refractivity contribution is 5.80.